The van der Waals surface area contributed by atoms with Crippen LogP contribution in [0.3, 0.4) is 0 Å². The molecule has 1 heterocycles. The molecule has 7 heteroatoms. The van der Waals surface area contributed by atoms with Gasteiger partial charge < -0.3 is 10.2 Å². The quantitative estimate of drug-likeness (QED) is 0.436. The summed E-state index contributed by atoms with van der Waals surface area (Å²) in [5.74, 6) is -3.10. The minimum Gasteiger partial charge on any atom is -0.481 e. The summed E-state index contributed by atoms with van der Waals surface area (Å²) in [5, 5.41) is 20.9. The van der Waals surface area contributed by atoms with E-state index in [0.717, 1.165) is 21.6 Å². The molecule has 2 amide bonds. The molecule has 0 aliphatic carbocycles. The number of benzene rings is 3. The van der Waals surface area contributed by atoms with E-state index in [4.69, 9.17) is 11.6 Å². The van der Waals surface area contributed by atoms with Crippen LogP contribution in [0.4, 0.5) is 0 Å². The van der Waals surface area contributed by atoms with Gasteiger partial charge in [-0.1, -0.05) is 60.1 Å². The molecular weight excluding hydrogens is 454 g/mol. The Morgan fingerprint density at radius 1 is 0.824 bits per heavy atom. The number of fused-ring (bicyclic) bond motifs is 1. The van der Waals surface area contributed by atoms with E-state index in [1.807, 2.05) is 48.5 Å². The van der Waals surface area contributed by atoms with Crippen molar-refractivity contribution in [1.29, 1.82) is 0 Å². The number of nitrogens with zero attached hydrogens (tertiary/aromatic N) is 1. The molecule has 0 radical (unpaired) electrons. The second-order valence-corrected chi connectivity index (χ2v) is 8.79. The summed E-state index contributed by atoms with van der Waals surface area (Å²) in [6.45, 7) is -0.0594. The van der Waals surface area contributed by atoms with Gasteiger partial charge in [-0.25, -0.2) is 0 Å². The first-order chi connectivity index (χ1) is 16.3. The number of rotatable bonds is 9. The van der Waals surface area contributed by atoms with Gasteiger partial charge >= 0.3 is 5.97 Å². The van der Waals surface area contributed by atoms with Gasteiger partial charge in [0.05, 0.1) is 23.1 Å². The van der Waals surface area contributed by atoms with E-state index >= 15 is 0 Å². The van der Waals surface area contributed by atoms with Crippen LogP contribution in [0.15, 0.2) is 72.8 Å². The number of aryl methyl sites for hydroxylation is 1. The molecule has 1 unspecified atom stereocenters. The van der Waals surface area contributed by atoms with Gasteiger partial charge in [-0.3, -0.25) is 19.3 Å². The summed E-state index contributed by atoms with van der Waals surface area (Å²) in [5.41, 5.74) is 3.69. The minimum absolute atomic E-state index is 0.0164. The average Bonchev–Trinajstić information content (AvgIpc) is 3.08. The second kappa shape index (κ2) is 10.2. The number of halogens is 1. The summed E-state index contributed by atoms with van der Waals surface area (Å²) in [4.78, 5) is 37.9. The van der Waals surface area contributed by atoms with E-state index in [9.17, 15) is 24.6 Å². The molecule has 4 rings (SSSR count). The van der Waals surface area contributed by atoms with Crippen LogP contribution in [0, 0.1) is 5.92 Å². The average molecular weight is 478 g/mol. The van der Waals surface area contributed by atoms with Crippen LogP contribution in [-0.2, 0) is 11.2 Å². The molecule has 6 nitrogen and oxygen atoms in total. The first-order valence-electron chi connectivity index (χ1n) is 11.1. The van der Waals surface area contributed by atoms with Crippen molar-refractivity contribution in [3.05, 3.63) is 94.5 Å². The smallest absolute Gasteiger partial charge is 0.309 e. The molecular formula is C27H24ClNO5. The van der Waals surface area contributed by atoms with E-state index in [0.29, 0.717) is 22.6 Å². The summed E-state index contributed by atoms with van der Waals surface area (Å²) in [7, 11) is 0. The van der Waals surface area contributed by atoms with Gasteiger partial charge in [-0.2, -0.15) is 0 Å². The number of carboxylic acid groups (broad SMARTS) is 1. The van der Waals surface area contributed by atoms with E-state index < -0.39 is 29.8 Å². The van der Waals surface area contributed by atoms with Crippen molar-refractivity contribution >= 4 is 29.4 Å². The zero-order chi connectivity index (χ0) is 24.2. The summed E-state index contributed by atoms with van der Waals surface area (Å²) >= 11 is 5.94. The van der Waals surface area contributed by atoms with Gasteiger partial charge in [0.1, 0.15) is 0 Å². The predicted molar refractivity (Wildman–Crippen MR) is 129 cm³/mol. The van der Waals surface area contributed by atoms with Gasteiger partial charge in [0.2, 0.25) is 0 Å². The van der Waals surface area contributed by atoms with Gasteiger partial charge in [0, 0.05) is 11.6 Å². The SMILES string of the molecule is O=C(O)[C@H](CCN1C(=O)c2ccccc2C1=O)C(O)CCc1ccc(-c2ccc(Cl)cc2)cc1. The number of aliphatic hydroxyl groups excluding tert-OH is 1. The minimum atomic E-state index is -1.15. The molecule has 3 aromatic carbocycles. The number of hydrogen-bond donors (Lipinski definition) is 2. The maximum Gasteiger partial charge on any atom is 0.309 e. The Hall–Kier alpha value is -3.48. The van der Waals surface area contributed by atoms with Crippen molar-refractivity contribution in [2.45, 2.75) is 25.4 Å². The normalized spacial score (nSPS) is 14.7. The number of hydrogen-bond acceptors (Lipinski definition) is 4. The zero-order valence-corrected chi connectivity index (χ0v) is 19.1. The monoisotopic (exact) mass is 477 g/mol. The Kier molecular flexibility index (Phi) is 7.10. The highest BCUT2D eigenvalue weighted by Crippen LogP contribution is 2.25. The molecule has 0 bridgehead atoms. The number of imide groups is 1. The fourth-order valence-electron chi connectivity index (χ4n) is 4.21. The van der Waals surface area contributed by atoms with E-state index in [1.165, 1.54) is 0 Å². The highest BCUT2D eigenvalue weighted by molar-refractivity contribution is 6.30. The van der Waals surface area contributed by atoms with Crippen LogP contribution in [0.2, 0.25) is 5.02 Å². The lowest BCUT2D eigenvalue weighted by Gasteiger charge is -2.22. The van der Waals surface area contributed by atoms with Gasteiger partial charge in [0.25, 0.3) is 11.8 Å². The van der Waals surface area contributed by atoms with Crippen LogP contribution < -0.4 is 0 Å². The van der Waals surface area contributed by atoms with Crippen molar-refractivity contribution in [2.75, 3.05) is 6.54 Å². The first kappa shape index (κ1) is 23.7. The lowest BCUT2D eigenvalue weighted by atomic mass is 9.93. The Labute approximate surface area is 202 Å². The zero-order valence-electron chi connectivity index (χ0n) is 18.4. The standard InChI is InChI=1S/C27H24ClNO5/c28-20-12-10-19(11-13-20)18-8-5-17(6-9-18)7-14-24(30)23(27(33)34)15-16-29-25(31)21-3-1-2-4-22(21)26(29)32/h1-6,8-13,23-24,30H,7,14-16H2,(H,33,34)/t23-,24?/m1/s1. The van der Waals surface area contributed by atoms with Crippen molar-refractivity contribution in [3.63, 3.8) is 0 Å². The van der Waals surface area contributed by atoms with E-state index in [2.05, 4.69) is 0 Å². The van der Waals surface area contributed by atoms with Crippen molar-refractivity contribution in [2.24, 2.45) is 5.92 Å². The molecule has 0 aromatic heterocycles. The molecule has 34 heavy (non-hydrogen) atoms. The van der Waals surface area contributed by atoms with Crippen molar-refractivity contribution < 1.29 is 24.6 Å². The van der Waals surface area contributed by atoms with Crippen LogP contribution in [0.1, 0.15) is 39.1 Å². The van der Waals surface area contributed by atoms with Crippen LogP contribution in [-0.4, -0.2) is 45.5 Å². The fourth-order valence-corrected chi connectivity index (χ4v) is 4.34. The number of carboxylic acids is 1. The Morgan fingerprint density at radius 3 is 1.88 bits per heavy atom. The number of aliphatic hydroxyl groups is 1. The number of aliphatic carboxylic acids is 1. The summed E-state index contributed by atoms with van der Waals surface area (Å²) < 4.78 is 0. The molecule has 0 fully saturated rings. The Morgan fingerprint density at radius 2 is 1.35 bits per heavy atom. The van der Waals surface area contributed by atoms with Crippen molar-refractivity contribution in [1.82, 2.24) is 4.90 Å². The molecule has 3 aromatic rings. The third-order valence-electron chi connectivity index (χ3n) is 6.18. The van der Waals surface area contributed by atoms with Crippen molar-refractivity contribution in [3.8, 4) is 11.1 Å². The maximum atomic E-state index is 12.5. The molecule has 174 valence electrons. The molecule has 2 N–H and O–H groups in total. The number of amides is 2. The number of carbonyl (C=O) groups excluding carboxylic acids is 2. The molecule has 0 saturated carbocycles. The van der Waals surface area contributed by atoms with Crippen LogP contribution in [0.5, 0.6) is 0 Å². The van der Waals surface area contributed by atoms with Crippen LogP contribution in [0.25, 0.3) is 11.1 Å². The third kappa shape index (κ3) is 5.03. The van der Waals surface area contributed by atoms with Crippen LogP contribution >= 0.6 is 11.6 Å². The summed E-state index contributed by atoms with van der Waals surface area (Å²) in [6.07, 6.45) is -0.376. The Balaban J connectivity index is 1.34. The highest BCUT2D eigenvalue weighted by Gasteiger charge is 2.36. The second-order valence-electron chi connectivity index (χ2n) is 8.35. The lowest BCUT2D eigenvalue weighted by molar-refractivity contribution is -0.146. The molecule has 2 atom stereocenters. The maximum absolute atomic E-state index is 12.5. The highest BCUT2D eigenvalue weighted by atomic mass is 35.5. The molecule has 1 aliphatic rings. The number of carbonyl (C=O) groups is 3. The van der Waals surface area contributed by atoms with E-state index in [-0.39, 0.29) is 19.4 Å². The largest absolute Gasteiger partial charge is 0.481 e. The van der Waals surface area contributed by atoms with Gasteiger partial charge in [-0.15, -0.1) is 0 Å². The van der Waals surface area contributed by atoms with Gasteiger partial charge in [-0.05, 0) is 60.2 Å². The molecule has 0 spiro atoms. The first-order valence-corrected chi connectivity index (χ1v) is 11.4. The predicted octanol–water partition coefficient (Wildman–Crippen LogP) is 4.69. The molecule has 1 aliphatic heterocycles. The van der Waals surface area contributed by atoms with Gasteiger partial charge in [0.15, 0.2) is 0 Å². The fraction of sp³-hybridized carbons (Fsp3) is 0.222. The third-order valence-corrected chi connectivity index (χ3v) is 6.44. The Bertz CT molecular complexity index is 1170. The summed E-state index contributed by atoms with van der Waals surface area (Å²) in [6, 6.07) is 21.9. The lowest BCUT2D eigenvalue weighted by Crippen LogP contribution is -2.36. The molecule has 0 saturated heterocycles. The topological polar surface area (TPSA) is 94.9 Å². The van der Waals surface area contributed by atoms with E-state index in [1.54, 1.807) is 24.3 Å².